The number of rotatable bonds is 26. The summed E-state index contributed by atoms with van der Waals surface area (Å²) in [5.74, 6) is -1.29. The number of nitrogens with two attached hydrogens (primary N) is 4. The molecule has 16 nitrogen and oxygen atoms in total. The van der Waals surface area contributed by atoms with Crippen molar-refractivity contribution in [3.05, 3.63) is 65.2 Å². The fraction of sp³-hybridized carbons (Fsp3) is 0.500. The number of hydrogen-bond acceptors (Lipinski definition) is 10. The number of unbranched alkanes of at least 4 members (excludes halogenated alkanes) is 3. The van der Waals surface area contributed by atoms with Crippen LogP contribution in [0.1, 0.15) is 94.2 Å². The van der Waals surface area contributed by atoms with Gasteiger partial charge >= 0.3 is 0 Å². The van der Waals surface area contributed by atoms with E-state index in [2.05, 4.69) is 33.3 Å². The standard InChI is InChI=1S/C44H63N9O7/c1-3-26-60-29-37(41(48)56)52-44(59)36(19-10-13-25-47)51-43(58)35(18-9-12-24-46)50-42(57)34(17-8-11-23-45)49-39(54)21-22-40(55)53-28-32-15-5-4-14-31(32)27-30(2)33-16-6-7-20-38(33)53/h1,4-7,14-16,20,27,34-37H,8-13,17-19,21-26,28-29,45-47H2,2H3,(H2,48,56)(H,49,54)(H,50,57)(H,51,58)(H,52,59)/b30-27-. The van der Waals surface area contributed by atoms with Gasteiger partial charge in [0.15, 0.2) is 0 Å². The summed E-state index contributed by atoms with van der Waals surface area (Å²) >= 11 is 0. The maximum Gasteiger partial charge on any atom is 0.243 e. The molecule has 16 heteroatoms. The smallest absolute Gasteiger partial charge is 0.243 e. The van der Waals surface area contributed by atoms with Crippen LogP contribution in [-0.2, 0) is 40.0 Å². The molecule has 0 aromatic heterocycles. The first-order valence-corrected chi connectivity index (χ1v) is 20.7. The molecule has 2 aromatic carbocycles. The number of allylic oxidation sites excluding steroid dienone is 1. The highest BCUT2D eigenvalue weighted by atomic mass is 16.5. The lowest BCUT2D eigenvalue weighted by Gasteiger charge is -2.28. The summed E-state index contributed by atoms with van der Waals surface area (Å²) in [5.41, 5.74) is 27.3. The molecule has 1 heterocycles. The Morgan fingerprint density at radius 2 is 1.23 bits per heavy atom. The molecule has 4 unspecified atom stereocenters. The van der Waals surface area contributed by atoms with Gasteiger partial charge in [0.05, 0.1) is 18.8 Å². The number of anilines is 1. The number of benzene rings is 2. The Labute approximate surface area is 353 Å². The van der Waals surface area contributed by atoms with Crippen LogP contribution in [0, 0.1) is 12.3 Å². The summed E-state index contributed by atoms with van der Waals surface area (Å²) in [6.07, 6.45) is 10.8. The van der Waals surface area contributed by atoms with Crippen LogP contribution in [0.2, 0.25) is 0 Å². The van der Waals surface area contributed by atoms with Gasteiger partial charge in [-0.2, -0.15) is 0 Å². The number of ether oxygens (including phenoxy) is 1. The minimum absolute atomic E-state index is 0.104. The highest BCUT2D eigenvalue weighted by Gasteiger charge is 2.31. The molecule has 0 aliphatic carbocycles. The fourth-order valence-electron chi connectivity index (χ4n) is 6.80. The van der Waals surface area contributed by atoms with Crippen molar-refractivity contribution in [2.24, 2.45) is 22.9 Å². The highest BCUT2D eigenvalue weighted by molar-refractivity contribution is 6.01. The summed E-state index contributed by atoms with van der Waals surface area (Å²) in [7, 11) is 0. The monoisotopic (exact) mass is 829 g/mol. The van der Waals surface area contributed by atoms with Crippen molar-refractivity contribution >= 4 is 52.8 Å². The number of nitrogens with one attached hydrogen (secondary N) is 4. The van der Waals surface area contributed by atoms with Gasteiger partial charge in [-0.1, -0.05) is 54.5 Å². The van der Waals surface area contributed by atoms with Crippen LogP contribution in [0.15, 0.2) is 48.5 Å². The Morgan fingerprint density at radius 3 is 1.78 bits per heavy atom. The number of nitrogens with zero attached hydrogens (tertiary/aromatic N) is 1. The van der Waals surface area contributed by atoms with Crippen LogP contribution in [0.3, 0.4) is 0 Å². The first-order valence-electron chi connectivity index (χ1n) is 20.7. The van der Waals surface area contributed by atoms with E-state index < -0.39 is 53.7 Å². The van der Waals surface area contributed by atoms with E-state index in [0.29, 0.717) is 64.7 Å². The lowest BCUT2D eigenvalue weighted by atomic mass is 9.96. The number of amides is 6. The molecule has 326 valence electrons. The van der Waals surface area contributed by atoms with Crippen molar-refractivity contribution in [2.45, 2.75) is 108 Å². The first kappa shape index (κ1) is 48.8. The molecule has 2 aromatic rings. The van der Waals surface area contributed by atoms with E-state index in [1.54, 1.807) is 4.90 Å². The molecule has 1 aliphatic heterocycles. The van der Waals surface area contributed by atoms with E-state index in [-0.39, 0.29) is 51.2 Å². The van der Waals surface area contributed by atoms with Crippen LogP contribution in [0.5, 0.6) is 0 Å². The molecule has 4 atom stereocenters. The molecule has 0 fully saturated rings. The zero-order chi connectivity index (χ0) is 43.9. The Morgan fingerprint density at radius 1 is 0.717 bits per heavy atom. The summed E-state index contributed by atoms with van der Waals surface area (Å²) in [6, 6.07) is 11.0. The van der Waals surface area contributed by atoms with Crippen LogP contribution in [-0.4, -0.2) is 92.5 Å². The van der Waals surface area contributed by atoms with Crippen molar-refractivity contribution in [1.29, 1.82) is 0 Å². The summed E-state index contributed by atoms with van der Waals surface area (Å²) < 4.78 is 5.21. The second kappa shape index (κ2) is 26.5. The van der Waals surface area contributed by atoms with E-state index in [0.717, 1.165) is 28.0 Å². The first-order chi connectivity index (χ1) is 28.9. The third-order valence-corrected chi connectivity index (χ3v) is 10.1. The third-order valence-electron chi connectivity index (χ3n) is 10.1. The molecular weight excluding hydrogens is 767 g/mol. The van der Waals surface area contributed by atoms with Gasteiger partial charge in [-0.05, 0) is 107 Å². The quantitative estimate of drug-likeness (QED) is 0.0498. The molecule has 0 spiro atoms. The molecule has 60 heavy (non-hydrogen) atoms. The Hall–Kier alpha value is -5.60. The Kier molecular flexibility index (Phi) is 21.5. The van der Waals surface area contributed by atoms with Gasteiger partial charge in [-0.25, -0.2) is 0 Å². The maximum absolute atomic E-state index is 13.9. The molecule has 0 saturated carbocycles. The minimum Gasteiger partial charge on any atom is -0.368 e. The average molecular weight is 830 g/mol. The Balaban J connectivity index is 1.76. The number of carbonyl (C=O) groups excluding carboxylic acids is 6. The fourth-order valence-corrected chi connectivity index (χ4v) is 6.80. The highest BCUT2D eigenvalue weighted by Crippen LogP contribution is 2.33. The third kappa shape index (κ3) is 15.9. The van der Waals surface area contributed by atoms with E-state index in [1.807, 2.05) is 55.5 Å². The van der Waals surface area contributed by atoms with Gasteiger partial charge in [-0.3, -0.25) is 28.8 Å². The van der Waals surface area contributed by atoms with Gasteiger partial charge in [0.2, 0.25) is 35.4 Å². The molecule has 0 radical (unpaired) electrons. The predicted molar refractivity (Wildman–Crippen MR) is 232 cm³/mol. The molecule has 0 bridgehead atoms. The van der Waals surface area contributed by atoms with Crippen LogP contribution in [0.25, 0.3) is 11.6 Å². The largest absolute Gasteiger partial charge is 0.368 e. The van der Waals surface area contributed by atoms with Crippen LogP contribution >= 0.6 is 0 Å². The molecule has 12 N–H and O–H groups in total. The van der Waals surface area contributed by atoms with E-state index in [1.165, 1.54) is 0 Å². The molecule has 1 aliphatic rings. The molecular formula is C44H63N9O7. The Bertz CT molecular complexity index is 1830. The molecule has 3 rings (SSSR count). The minimum atomic E-state index is -1.21. The van der Waals surface area contributed by atoms with Crippen LogP contribution in [0.4, 0.5) is 5.69 Å². The van der Waals surface area contributed by atoms with Gasteiger partial charge in [-0.15, -0.1) is 6.42 Å². The van der Waals surface area contributed by atoms with Crippen molar-refractivity contribution in [3.63, 3.8) is 0 Å². The van der Waals surface area contributed by atoms with Crippen molar-refractivity contribution in [1.82, 2.24) is 21.3 Å². The van der Waals surface area contributed by atoms with Crippen molar-refractivity contribution < 1.29 is 33.5 Å². The number of hydrogen-bond donors (Lipinski definition) is 8. The second-order valence-electron chi connectivity index (χ2n) is 14.8. The van der Waals surface area contributed by atoms with E-state index in [4.69, 9.17) is 34.1 Å². The van der Waals surface area contributed by atoms with Gasteiger partial charge in [0, 0.05) is 18.4 Å². The zero-order valence-corrected chi connectivity index (χ0v) is 34.7. The number of para-hydroxylation sites is 1. The van der Waals surface area contributed by atoms with Gasteiger partial charge < -0.3 is 53.8 Å². The normalized spacial score (nSPS) is 14.8. The van der Waals surface area contributed by atoms with Crippen molar-refractivity contribution in [2.75, 3.05) is 37.7 Å². The lowest BCUT2D eigenvalue weighted by molar-refractivity contribution is -0.135. The number of terminal acetylenes is 1. The predicted octanol–water partition coefficient (Wildman–Crippen LogP) is 1.34. The average Bonchev–Trinajstić information content (AvgIpc) is 3.23. The summed E-state index contributed by atoms with van der Waals surface area (Å²) in [5, 5.41) is 10.8. The lowest BCUT2D eigenvalue weighted by Crippen LogP contribution is -2.58. The van der Waals surface area contributed by atoms with Crippen molar-refractivity contribution in [3.8, 4) is 12.3 Å². The molecule has 0 saturated heterocycles. The SMILES string of the molecule is C#CCOCC(NC(=O)C(CCCCN)NC(=O)C(CCCCN)NC(=O)C(CCCCN)NC(=O)CCC(=O)N1Cc2ccccc2/C=C(/C)c2ccccc21)C(N)=O. The maximum atomic E-state index is 13.9. The second-order valence-corrected chi connectivity index (χ2v) is 14.8. The van der Waals surface area contributed by atoms with Crippen LogP contribution < -0.4 is 49.1 Å². The van der Waals surface area contributed by atoms with Gasteiger partial charge in [0.25, 0.3) is 0 Å². The summed E-state index contributed by atoms with van der Waals surface area (Å²) in [4.78, 5) is 82.4. The summed E-state index contributed by atoms with van der Waals surface area (Å²) in [6.45, 7) is 3.02. The number of fused-ring (bicyclic) bond motifs is 2. The topological polar surface area (TPSA) is 267 Å². The van der Waals surface area contributed by atoms with E-state index >= 15 is 0 Å². The van der Waals surface area contributed by atoms with E-state index in [9.17, 15) is 28.8 Å². The zero-order valence-electron chi connectivity index (χ0n) is 34.7. The van der Waals surface area contributed by atoms with Gasteiger partial charge in [0.1, 0.15) is 30.8 Å². The number of primary amides is 1. The number of carbonyl (C=O) groups is 6. The molecule has 6 amide bonds.